The Bertz CT molecular complexity index is 996. The van der Waals surface area contributed by atoms with Crippen molar-refractivity contribution in [1.29, 1.82) is 0 Å². The number of halogens is 3. The minimum absolute atomic E-state index is 0.00261. The number of alkyl halides is 3. The van der Waals surface area contributed by atoms with Gasteiger partial charge in [-0.25, -0.2) is 0 Å². The van der Waals surface area contributed by atoms with Crippen LogP contribution in [0.25, 0.3) is 0 Å². The number of amidine groups is 1. The predicted molar refractivity (Wildman–Crippen MR) is 127 cm³/mol. The zero-order valence-electron chi connectivity index (χ0n) is 19.8. The van der Waals surface area contributed by atoms with Crippen molar-refractivity contribution >= 4 is 29.6 Å². The Hall–Kier alpha value is -2.07. The zero-order chi connectivity index (χ0) is 24.7. The third-order valence-electron chi connectivity index (χ3n) is 7.37. The molecule has 0 radical (unpaired) electrons. The van der Waals surface area contributed by atoms with Gasteiger partial charge in [0, 0.05) is 38.5 Å². The minimum atomic E-state index is -4.39. The zero-order valence-corrected chi connectivity index (χ0v) is 20.6. The quantitative estimate of drug-likeness (QED) is 0.605. The number of nitrogens with zero attached hydrogens (tertiary/aromatic N) is 3. The molecule has 1 aromatic rings. The number of rotatable bonds is 6. The number of hydrogen-bond acceptors (Lipinski definition) is 5. The molecule has 2 fully saturated rings. The summed E-state index contributed by atoms with van der Waals surface area (Å²) in [5, 5.41) is 2.51. The summed E-state index contributed by atoms with van der Waals surface area (Å²) >= 11 is 1.68. The van der Waals surface area contributed by atoms with Crippen LogP contribution < -0.4 is 5.32 Å². The number of carbonyl (C=O) groups is 2. The highest BCUT2D eigenvalue weighted by atomic mass is 32.2. The molecule has 1 aliphatic carbocycles. The van der Waals surface area contributed by atoms with Crippen molar-refractivity contribution in [3.8, 4) is 0 Å². The molecule has 6 nitrogen and oxygen atoms in total. The lowest BCUT2D eigenvalue weighted by atomic mass is 9.67. The minimum Gasteiger partial charge on any atom is -0.345 e. The van der Waals surface area contributed by atoms with Crippen molar-refractivity contribution in [3.05, 3.63) is 34.9 Å². The van der Waals surface area contributed by atoms with Gasteiger partial charge in [0.2, 0.25) is 0 Å². The van der Waals surface area contributed by atoms with Crippen molar-refractivity contribution in [1.82, 2.24) is 14.5 Å². The van der Waals surface area contributed by atoms with Gasteiger partial charge in [-0.2, -0.15) is 13.2 Å². The molecule has 186 valence electrons. The van der Waals surface area contributed by atoms with Gasteiger partial charge in [-0.1, -0.05) is 24.4 Å². The summed E-state index contributed by atoms with van der Waals surface area (Å²) in [6.07, 6.45) is -2.22. The summed E-state index contributed by atoms with van der Waals surface area (Å²) in [6.45, 7) is 3.20. The van der Waals surface area contributed by atoms with Gasteiger partial charge in [0.15, 0.2) is 0 Å². The number of benzene rings is 1. The number of aliphatic imine (C=N–C) groups is 1. The third kappa shape index (κ3) is 4.46. The summed E-state index contributed by atoms with van der Waals surface area (Å²) < 4.78 is 43.3. The maximum absolute atomic E-state index is 13.7. The molecule has 34 heavy (non-hydrogen) atoms. The highest BCUT2D eigenvalue weighted by molar-refractivity contribution is 7.97. The maximum atomic E-state index is 13.7. The second kappa shape index (κ2) is 9.18. The van der Waals surface area contributed by atoms with E-state index in [-0.39, 0.29) is 30.5 Å². The van der Waals surface area contributed by atoms with Gasteiger partial charge in [0.25, 0.3) is 11.8 Å². The normalized spacial score (nSPS) is 21.7. The van der Waals surface area contributed by atoms with Crippen LogP contribution >= 0.6 is 11.9 Å². The van der Waals surface area contributed by atoms with E-state index in [1.54, 1.807) is 30.9 Å². The summed E-state index contributed by atoms with van der Waals surface area (Å²) in [5.74, 6) is 0.272. The van der Waals surface area contributed by atoms with Crippen molar-refractivity contribution < 1.29 is 22.8 Å². The molecule has 1 spiro atoms. The maximum Gasteiger partial charge on any atom is 0.401 e. The molecule has 0 atom stereocenters. The van der Waals surface area contributed by atoms with Crippen LogP contribution in [-0.2, 0) is 11.2 Å². The summed E-state index contributed by atoms with van der Waals surface area (Å²) in [7, 11) is 3.46. The lowest BCUT2D eigenvalue weighted by Crippen LogP contribution is -2.54. The highest BCUT2D eigenvalue weighted by Crippen LogP contribution is 2.55. The molecular weight excluding hydrogens is 465 g/mol. The lowest BCUT2D eigenvalue weighted by molar-refractivity contribution is -0.221. The van der Waals surface area contributed by atoms with E-state index in [2.05, 4.69) is 14.6 Å². The Morgan fingerprint density at radius 2 is 1.88 bits per heavy atom. The van der Waals surface area contributed by atoms with Crippen LogP contribution in [0.3, 0.4) is 0 Å². The average molecular weight is 497 g/mol. The fourth-order valence-corrected chi connectivity index (χ4v) is 5.91. The first-order valence-electron chi connectivity index (χ1n) is 11.6. The van der Waals surface area contributed by atoms with E-state index in [0.29, 0.717) is 37.9 Å². The van der Waals surface area contributed by atoms with Crippen molar-refractivity contribution in [2.45, 2.75) is 57.2 Å². The van der Waals surface area contributed by atoms with Gasteiger partial charge in [-0.3, -0.25) is 18.9 Å². The first kappa shape index (κ1) is 25.0. The smallest absolute Gasteiger partial charge is 0.345 e. The summed E-state index contributed by atoms with van der Waals surface area (Å²) in [6, 6.07) is 5.76. The second-order valence-corrected chi connectivity index (χ2v) is 10.9. The van der Waals surface area contributed by atoms with Crippen molar-refractivity contribution in [2.24, 2.45) is 10.4 Å². The molecule has 0 aromatic heterocycles. The van der Waals surface area contributed by atoms with Crippen LogP contribution in [-0.4, -0.2) is 71.5 Å². The fraction of sp³-hybridized carbons (Fsp3) is 0.625. The topological polar surface area (TPSA) is 65.0 Å². The van der Waals surface area contributed by atoms with Gasteiger partial charge >= 0.3 is 6.18 Å². The van der Waals surface area contributed by atoms with Crippen LogP contribution in [0.15, 0.2) is 23.2 Å². The first-order valence-corrected chi connectivity index (χ1v) is 12.6. The van der Waals surface area contributed by atoms with Crippen LogP contribution in [0.5, 0.6) is 0 Å². The van der Waals surface area contributed by atoms with E-state index in [1.165, 1.54) is 5.56 Å². The number of nitrogens with one attached hydrogen (secondary N) is 1. The fourth-order valence-electron chi connectivity index (χ4n) is 4.90. The molecule has 2 aliphatic heterocycles. The van der Waals surface area contributed by atoms with Gasteiger partial charge in [0.05, 0.1) is 0 Å². The van der Waals surface area contributed by atoms with E-state index in [9.17, 15) is 22.8 Å². The van der Waals surface area contributed by atoms with Gasteiger partial charge in [-0.15, -0.1) is 0 Å². The van der Waals surface area contributed by atoms with E-state index >= 15 is 0 Å². The SMILES string of the molecule is Cc1cc(C(=O)N(C)C)ccc1CCSN1CCC2(CC1)N=C(C1(C(F)(F)F)CCC1)NC2=O. The van der Waals surface area contributed by atoms with Gasteiger partial charge in [-0.05, 0) is 62.3 Å². The standard InChI is InChI=1S/C24H31F3N4O2S/c1-16-15-18(19(32)30(2)3)6-5-17(16)7-14-34-31-12-10-23(11-13-31)21(33)28-20(29-23)22(8-4-9-22)24(25,26)27/h5-6,15H,4,7-14H2,1-3H3,(H,28,29,33). The largest absolute Gasteiger partial charge is 0.401 e. The predicted octanol–water partition coefficient (Wildman–Crippen LogP) is 3.98. The Balaban J connectivity index is 1.31. The molecule has 2 amide bonds. The van der Waals surface area contributed by atoms with Crippen LogP contribution in [0.4, 0.5) is 13.2 Å². The first-order chi connectivity index (χ1) is 16.0. The molecule has 1 saturated carbocycles. The van der Waals surface area contributed by atoms with Crippen LogP contribution in [0.1, 0.15) is 53.6 Å². The molecule has 1 N–H and O–H groups in total. The van der Waals surface area contributed by atoms with Gasteiger partial charge < -0.3 is 10.2 Å². The van der Waals surface area contributed by atoms with Gasteiger partial charge in [0.1, 0.15) is 16.8 Å². The Kier molecular flexibility index (Phi) is 6.76. The number of aryl methyl sites for hydroxylation is 2. The van der Waals surface area contributed by atoms with Crippen LogP contribution in [0, 0.1) is 12.3 Å². The molecule has 1 saturated heterocycles. The Morgan fingerprint density at radius 1 is 1.21 bits per heavy atom. The molecule has 1 aromatic carbocycles. The molecule has 3 aliphatic rings. The Morgan fingerprint density at radius 3 is 2.41 bits per heavy atom. The number of piperidine rings is 1. The molecule has 0 bridgehead atoms. The monoisotopic (exact) mass is 496 g/mol. The van der Waals surface area contributed by atoms with E-state index in [1.807, 2.05) is 25.1 Å². The Labute approximate surface area is 202 Å². The molecule has 2 heterocycles. The number of carbonyl (C=O) groups excluding carboxylic acids is 2. The average Bonchev–Trinajstić information content (AvgIpc) is 3.03. The molecular formula is C24H31F3N4O2S. The second-order valence-electron chi connectivity index (χ2n) is 9.73. The van der Waals surface area contributed by atoms with Crippen LogP contribution in [0.2, 0.25) is 0 Å². The molecule has 4 rings (SSSR count). The third-order valence-corrected chi connectivity index (χ3v) is 8.49. The number of hydrogen-bond donors (Lipinski definition) is 1. The van der Waals surface area contributed by atoms with E-state index in [4.69, 9.17) is 0 Å². The van der Waals surface area contributed by atoms with Crippen molar-refractivity contribution in [3.63, 3.8) is 0 Å². The highest BCUT2D eigenvalue weighted by Gasteiger charge is 2.64. The van der Waals surface area contributed by atoms with E-state index in [0.717, 1.165) is 17.7 Å². The molecule has 0 unspecified atom stereocenters. The van der Waals surface area contributed by atoms with Crippen molar-refractivity contribution in [2.75, 3.05) is 32.9 Å². The number of amides is 2. The summed E-state index contributed by atoms with van der Waals surface area (Å²) in [5.41, 5.74) is -0.110. The van der Waals surface area contributed by atoms with E-state index < -0.39 is 17.1 Å². The molecule has 10 heteroatoms. The lowest BCUT2D eigenvalue weighted by Gasteiger charge is -2.42. The summed E-state index contributed by atoms with van der Waals surface area (Å²) in [4.78, 5) is 30.8.